The first-order chi connectivity index (χ1) is 8.58. The first kappa shape index (κ1) is 12.5. The van der Waals surface area contributed by atoms with Gasteiger partial charge in [0.05, 0.1) is 0 Å². The third kappa shape index (κ3) is 2.64. The predicted molar refractivity (Wildman–Crippen MR) is 66.9 cm³/mol. The van der Waals surface area contributed by atoms with Gasteiger partial charge in [-0.25, -0.2) is 4.79 Å². The highest BCUT2D eigenvalue weighted by molar-refractivity contribution is 5.86. The molecule has 0 saturated heterocycles. The molecule has 0 bridgehead atoms. The number of carbonyl (C=O) groups is 1. The number of aliphatic carboxylic acids is 1. The lowest BCUT2D eigenvalue weighted by Gasteiger charge is -2.05. The Hall–Kier alpha value is -1.97. The van der Waals surface area contributed by atoms with Crippen molar-refractivity contribution in [3.05, 3.63) is 34.9 Å². The molecule has 1 aliphatic rings. The highest BCUT2D eigenvalue weighted by Gasteiger charge is 2.13. The Labute approximate surface area is 106 Å². The topological polar surface area (TPSA) is 55.8 Å². The minimum absolute atomic E-state index is 0.274. The maximum atomic E-state index is 10.8. The Bertz CT molecular complexity index is 503. The second kappa shape index (κ2) is 5.12. The van der Waals surface area contributed by atoms with Gasteiger partial charge < -0.3 is 14.6 Å². The van der Waals surface area contributed by atoms with Gasteiger partial charge in [0.2, 0.25) is 6.79 Å². The number of hydrogen-bond acceptors (Lipinski definition) is 3. The summed E-state index contributed by atoms with van der Waals surface area (Å²) in [5.74, 6) is 0.690. The normalized spacial score (nSPS) is 14.3. The number of fused-ring (bicyclic) bond motifs is 1. The fraction of sp³-hybridized carbons (Fsp3) is 0.357. The molecule has 0 atom stereocenters. The first-order valence-corrected chi connectivity index (χ1v) is 5.86. The SMILES string of the molecule is CC(CCc1ccc2c(c1)OCO2)=C(C)C(=O)O. The van der Waals surface area contributed by atoms with Crippen LogP contribution >= 0.6 is 0 Å². The molecule has 18 heavy (non-hydrogen) atoms. The molecule has 1 aromatic rings. The Kier molecular flexibility index (Phi) is 3.55. The molecule has 0 spiro atoms. The van der Waals surface area contributed by atoms with Gasteiger partial charge in [-0.15, -0.1) is 0 Å². The van der Waals surface area contributed by atoms with Crippen LogP contribution in [-0.2, 0) is 11.2 Å². The average molecular weight is 248 g/mol. The van der Waals surface area contributed by atoms with E-state index in [1.54, 1.807) is 6.92 Å². The molecular formula is C14H16O4. The van der Waals surface area contributed by atoms with Crippen LogP contribution in [0.4, 0.5) is 0 Å². The van der Waals surface area contributed by atoms with Gasteiger partial charge in [0.25, 0.3) is 0 Å². The average Bonchev–Trinajstić information content (AvgIpc) is 2.82. The number of allylic oxidation sites excluding steroid dienone is 1. The van der Waals surface area contributed by atoms with E-state index in [1.807, 2.05) is 25.1 Å². The molecule has 0 aliphatic carbocycles. The second-order valence-electron chi connectivity index (χ2n) is 4.40. The molecule has 1 aliphatic heterocycles. The number of carboxylic acid groups (broad SMARTS) is 1. The van der Waals surface area contributed by atoms with Crippen molar-refractivity contribution in [3.63, 3.8) is 0 Å². The van der Waals surface area contributed by atoms with Crippen molar-refractivity contribution in [3.8, 4) is 11.5 Å². The summed E-state index contributed by atoms with van der Waals surface area (Å²) < 4.78 is 10.5. The van der Waals surface area contributed by atoms with Crippen LogP contribution in [-0.4, -0.2) is 17.9 Å². The van der Waals surface area contributed by atoms with Crippen molar-refractivity contribution in [2.24, 2.45) is 0 Å². The van der Waals surface area contributed by atoms with Gasteiger partial charge in [-0.05, 0) is 44.4 Å². The van der Waals surface area contributed by atoms with E-state index < -0.39 is 5.97 Å². The van der Waals surface area contributed by atoms with E-state index in [0.29, 0.717) is 5.57 Å². The Morgan fingerprint density at radius 1 is 1.28 bits per heavy atom. The van der Waals surface area contributed by atoms with Gasteiger partial charge in [-0.2, -0.15) is 0 Å². The third-order valence-corrected chi connectivity index (χ3v) is 3.19. The van der Waals surface area contributed by atoms with Crippen molar-refractivity contribution >= 4 is 5.97 Å². The number of ether oxygens (including phenoxy) is 2. The fourth-order valence-corrected chi connectivity index (χ4v) is 1.80. The predicted octanol–water partition coefficient (Wildman–Crippen LogP) is 2.77. The molecule has 0 saturated carbocycles. The van der Waals surface area contributed by atoms with Crippen LogP contribution in [0.1, 0.15) is 25.8 Å². The zero-order valence-corrected chi connectivity index (χ0v) is 10.5. The van der Waals surface area contributed by atoms with Gasteiger partial charge in [0.1, 0.15) is 0 Å². The number of benzene rings is 1. The van der Waals surface area contributed by atoms with Crippen molar-refractivity contribution < 1.29 is 19.4 Å². The van der Waals surface area contributed by atoms with E-state index in [9.17, 15) is 4.79 Å². The number of hydrogen-bond donors (Lipinski definition) is 1. The zero-order chi connectivity index (χ0) is 13.1. The zero-order valence-electron chi connectivity index (χ0n) is 10.5. The fourth-order valence-electron chi connectivity index (χ4n) is 1.80. The van der Waals surface area contributed by atoms with Gasteiger partial charge >= 0.3 is 5.97 Å². The van der Waals surface area contributed by atoms with Crippen molar-refractivity contribution in [1.82, 2.24) is 0 Å². The summed E-state index contributed by atoms with van der Waals surface area (Å²) in [6, 6.07) is 5.82. The molecule has 4 nitrogen and oxygen atoms in total. The smallest absolute Gasteiger partial charge is 0.331 e. The Balaban J connectivity index is 2.03. The largest absolute Gasteiger partial charge is 0.478 e. The van der Waals surface area contributed by atoms with Gasteiger partial charge in [-0.1, -0.05) is 11.6 Å². The molecule has 1 N–H and O–H groups in total. The van der Waals surface area contributed by atoms with Gasteiger partial charge in [0, 0.05) is 5.57 Å². The molecule has 0 amide bonds. The van der Waals surface area contributed by atoms with Gasteiger partial charge in [0.15, 0.2) is 11.5 Å². The molecule has 0 fully saturated rings. The van der Waals surface area contributed by atoms with Crippen LogP contribution in [0.25, 0.3) is 0 Å². The van der Waals surface area contributed by atoms with Crippen molar-refractivity contribution in [2.45, 2.75) is 26.7 Å². The summed E-state index contributed by atoms with van der Waals surface area (Å²) >= 11 is 0. The summed E-state index contributed by atoms with van der Waals surface area (Å²) in [4.78, 5) is 10.8. The van der Waals surface area contributed by atoms with Crippen LogP contribution in [0.2, 0.25) is 0 Å². The van der Waals surface area contributed by atoms with Crippen LogP contribution in [0.3, 0.4) is 0 Å². The summed E-state index contributed by atoms with van der Waals surface area (Å²) in [6.45, 7) is 3.77. The van der Waals surface area contributed by atoms with E-state index in [2.05, 4.69) is 0 Å². The molecule has 2 rings (SSSR count). The van der Waals surface area contributed by atoms with E-state index >= 15 is 0 Å². The van der Waals surface area contributed by atoms with Crippen molar-refractivity contribution in [2.75, 3.05) is 6.79 Å². The molecule has 96 valence electrons. The highest BCUT2D eigenvalue weighted by Crippen LogP contribution is 2.33. The summed E-state index contributed by atoms with van der Waals surface area (Å²) in [5, 5.41) is 8.88. The molecule has 0 radical (unpaired) electrons. The van der Waals surface area contributed by atoms with Crippen LogP contribution in [0.15, 0.2) is 29.3 Å². The number of aryl methyl sites for hydroxylation is 1. The van der Waals surface area contributed by atoms with Crippen LogP contribution in [0.5, 0.6) is 11.5 Å². The van der Waals surface area contributed by atoms with Crippen LogP contribution < -0.4 is 9.47 Å². The monoisotopic (exact) mass is 248 g/mol. The quantitative estimate of drug-likeness (QED) is 0.832. The van der Waals surface area contributed by atoms with E-state index in [-0.39, 0.29) is 6.79 Å². The van der Waals surface area contributed by atoms with E-state index in [1.165, 1.54) is 0 Å². The number of rotatable bonds is 4. The molecule has 0 unspecified atom stereocenters. The number of carboxylic acids is 1. The lowest BCUT2D eigenvalue weighted by molar-refractivity contribution is -0.132. The Morgan fingerprint density at radius 3 is 2.72 bits per heavy atom. The maximum absolute atomic E-state index is 10.8. The molecule has 4 heteroatoms. The minimum atomic E-state index is -0.849. The van der Waals surface area contributed by atoms with E-state index in [4.69, 9.17) is 14.6 Å². The Morgan fingerprint density at radius 2 is 2.00 bits per heavy atom. The summed E-state index contributed by atoms with van der Waals surface area (Å²) in [5.41, 5.74) is 2.45. The van der Waals surface area contributed by atoms with E-state index in [0.717, 1.165) is 35.5 Å². The third-order valence-electron chi connectivity index (χ3n) is 3.19. The first-order valence-electron chi connectivity index (χ1n) is 5.86. The lowest BCUT2D eigenvalue weighted by atomic mass is 10.0. The molecule has 0 aromatic heterocycles. The minimum Gasteiger partial charge on any atom is -0.478 e. The van der Waals surface area contributed by atoms with Crippen molar-refractivity contribution in [1.29, 1.82) is 0 Å². The second-order valence-corrected chi connectivity index (χ2v) is 4.40. The molecule has 1 aromatic carbocycles. The lowest BCUT2D eigenvalue weighted by Crippen LogP contribution is -2.00. The van der Waals surface area contributed by atoms with Crippen LogP contribution in [0, 0.1) is 0 Å². The standard InChI is InChI=1S/C14H16O4/c1-9(10(2)14(15)16)3-4-11-5-6-12-13(7-11)18-8-17-12/h5-7H,3-4,8H2,1-2H3,(H,15,16). The highest BCUT2D eigenvalue weighted by atomic mass is 16.7. The summed E-state index contributed by atoms with van der Waals surface area (Å²) in [6.07, 6.45) is 1.53. The van der Waals surface area contributed by atoms with Gasteiger partial charge in [-0.3, -0.25) is 0 Å². The molecule has 1 heterocycles. The summed E-state index contributed by atoms with van der Waals surface area (Å²) in [7, 11) is 0. The molecular weight excluding hydrogens is 232 g/mol. The maximum Gasteiger partial charge on any atom is 0.331 e.